The molecule has 0 bridgehead atoms. The smallest absolute Gasteiger partial charge is 0.240 e. The van der Waals surface area contributed by atoms with Gasteiger partial charge < -0.3 is 5.32 Å². The molecule has 2 aromatic rings. The van der Waals surface area contributed by atoms with Gasteiger partial charge in [-0.05, 0) is 37.5 Å². The molecule has 0 aliphatic carbocycles. The first kappa shape index (κ1) is 19.4. The summed E-state index contributed by atoms with van der Waals surface area (Å²) in [6.07, 6.45) is 0.908. The molecule has 0 atom stereocenters. The fraction of sp³-hybridized carbons (Fsp3) is 0.286. The van der Waals surface area contributed by atoms with Crippen molar-refractivity contribution < 1.29 is 9.59 Å². The SMILES string of the molecule is CC/C(=N/NC(=O)CCC(=O)Nc1ccc(C)cc1C)c1ccccc1. The maximum absolute atomic E-state index is 12.0. The Morgan fingerprint density at radius 1 is 0.962 bits per heavy atom. The Bertz CT molecular complexity index is 798. The Labute approximate surface area is 154 Å². The zero-order valence-corrected chi connectivity index (χ0v) is 15.5. The Morgan fingerprint density at radius 2 is 1.65 bits per heavy atom. The van der Waals surface area contributed by atoms with Gasteiger partial charge >= 0.3 is 0 Å². The van der Waals surface area contributed by atoms with Gasteiger partial charge in [-0.15, -0.1) is 0 Å². The van der Waals surface area contributed by atoms with E-state index in [1.54, 1.807) is 0 Å². The number of carbonyl (C=O) groups is 2. The van der Waals surface area contributed by atoms with Crippen LogP contribution in [0.2, 0.25) is 0 Å². The van der Waals surface area contributed by atoms with Crippen LogP contribution in [-0.2, 0) is 9.59 Å². The van der Waals surface area contributed by atoms with Crippen molar-refractivity contribution in [3.63, 3.8) is 0 Å². The van der Waals surface area contributed by atoms with Crippen LogP contribution in [0.1, 0.15) is 42.9 Å². The standard InChI is InChI=1S/C21H25N3O2/c1-4-18(17-8-6-5-7-9-17)23-24-21(26)13-12-20(25)22-19-11-10-15(2)14-16(19)3/h5-11,14H,4,12-13H2,1-3H3,(H,22,25)(H,24,26)/b23-18-. The van der Waals surface area contributed by atoms with Crippen molar-refractivity contribution in [2.75, 3.05) is 5.32 Å². The molecule has 0 fully saturated rings. The summed E-state index contributed by atoms with van der Waals surface area (Å²) in [7, 11) is 0. The van der Waals surface area contributed by atoms with Gasteiger partial charge in [0.05, 0.1) is 5.71 Å². The summed E-state index contributed by atoms with van der Waals surface area (Å²) in [4.78, 5) is 24.0. The number of hydrazone groups is 1. The van der Waals surface area contributed by atoms with E-state index in [2.05, 4.69) is 15.8 Å². The van der Waals surface area contributed by atoms with Crippen LogP contribution in [0, 0.1) is 13.8 Å². The van der Waals surface area contributed by atoms with Crippen LogP contribution in [-0.4, -0.2) is 17.5 Å². The van der Waals surface area contributed by atoms with Gasteiger partial charge in [0.2, 0.25) is 11.8 Å². The molecule has 136 valence electrons. The number of aryl methyl sites for hydroxylation is 2. The molecule has 0 radical (unpaired) electrons. The summed E-state index contributed by atoms with van der Waals surface area (Å²) in [6, 6.07) is 15.5. The number of carbonyl (C=O) groups excluding carboxylic acids is 2. The normalized spacial score (nSPS) is 11.1. The summed E-state index contributed by atoms with van der Waals surface area (Å²) >= 11 is 0. The quantitative estimate of drug-likeness (QED) is 0.586. The molecule has 0 spiro atoms. The molecule has 0 heterocycles. The molecule has 0 aliphatic rings. The lowest BCUT2D eigenvalue weighted by Gasteiger charge is -2.09. The summed E-state index contributed by atoms with van der Waals surface area (Å²) < 4.78 is 0. The number of rotatable bonds is 7. The number of benzene rings is 2. The Balaban J connectivity index is 1.84. The fourth-order valence-corrected chi connectivity index (χ4v) is 2.56. The van der Waals surface area contributed by atoms with Crippen LogP contribution in [0.25, 0.3) is 0 Å². The lowest BCUT2D eigenvalue weighted by molar-refractivity contribution is -0.124. The molecule has 0 unspecified atom stereocenters. The summed E-state index contributed by atoms with van der Waals surface area (Å²) in [5.41, 5.74) is 7.24. The van der Waals surface area contributed by atoms with Crippen LogP contribution < -0.4 is 10.7 Å². The van der Waals surface area contributed by atoms with Crippen LogP contribution >= 0.6 is 0 Å². The summed E-state index contributed by atoms with van der Waals surface area (Å²) in [5, 5.41) is 7.02. The number of anilines is 1. The number of hydrogen-bond acceptors (Lipinski definition) is 3. The van der Waals surface area contributed by atoms with Gasteiger partial charge in [0.1, 0.15) is 0 Å². The van der Waals surface area contributed by atoms with Crippen LogP contribution in [0.3, 0.4) is 0 Å². The highest BCUT2D eigenvalue weighted by Crippen LogP contribution is 2.16. The van der Waals surface area contributed by atoms with E-state index in [9.17, 15) is 9.59 Å². The van der Waals surface area contributed by atoms with E-state index in [0.29, 0.717) is 6.42 Å². The molecule has 0 aliphatic heterocycles. The summed E-state index contributed by atoms with van der Waals surface area (Å²) in [5.74, 6) is -0.461. The maximum atomic E-state index is 12.0. The van der Waals surface area contributed by atoms with Crippen molar-refractivity contribution in [1.29, 1.82) is 0 Å². The third kappa shape index (κ3) is 5.84. The molecular weight excluding hydrogens is 326 g/mol. The van der Waals surface area contributed by atoms with E-state index < -0.39 is 0 Å². The minimum absolute atomic E-state index is 0.0893. The minimum atomic E-state index is -0.275. The molecule has 5 nitrogen and oxygen atoms in total. The lowest BCUT2D eigenvalue weighted by Crippen LogP contribution is -2.22. The molecule has 2 N–H and O–H groups in total. The third-order valence-electron chi connectivity index (χ3n) is 3.99. The first-order valence-corrected chi connectivity index (χ1v) is 8.77. The number of amides is 2. The van der Waals surface area contributed by atoms with E-state index in [4.69, 9.17) is 0 Å². The topological polar surface area (TPSA) is 70.6 Å². The van der Waals surface area contributed by atoms with Crippen molar-refractivity contribution >= 4 is 23.2 Å². The van der Waals surface area contributed by atoms with Crippen molar-refractivity contribution in [2.45, 2.75) is 40.0 Å². The number of nitrogens with one attached hydrogen (secondary N) is 2. The van der Waals surface area contributed by atoms with E-state index >= 15 is 0 Å². The predicted octanol–water partition coefficient (Wildman–Crippen LogP) is 3.95. The minimum Gasteiger partial charge on any atom is -0.326 e. The highest BCUT2D eigenvalue weighted by atomic mass is 16.2. The second-order valence-corrected chi connectivity index (χ2v) is 6.18. The first-order chi connectivity index (χ1) is 12.5. The van der Waals surface area contributed by atoms with E-state index in [-0.39, 0.29) is 24.7 Å². The Morgan fingerprint density at radius 3 is 2.31 bits per heavy atom. The third-order valence-corrected chi connectivity index (χ3v) is 3.99. The van der Waals surface area contributed by atoms with Gasteiger partial charge in [-0.3, -0.25) is 9.59 Å². The van der Waals surface area contributed by atoms with Gasteiger partial charge in [-0.25, -0.2) is 5.43 Å². The van der Waals surface area contributed by atoms with E-state index in [1.807, 2.05) is 69.3 Å². The molecule has 26 heavy (non-hydrogen) atoms. The van der Waals surface area contributed by atoms with Crippen molar-refractivity contribution in [2.24, 2.45) is 5.10 Å². The molecule has 2 amide bonds. The molecule has 0 saturated heterocycles. The van der Waals surface area contributed by atoms with Crippen molar-refractivity contribution in [1.82, 2.24) is 5.43 Å². The zero-order valence-electron chi connectivity index (χ0n) is 15.5. The highest BCUT2D eigenvalue weighted by molar-refractivity contribution is 6.01. The first-order valence-electron chi connectivity index (χ1n) is 8.77. The van der Waals surface area contributed by atoms with Crippen LogP contribution in [0.5, 0.6) is 0 Å². The van der Waals surface area contributed by atoms with Crippen LogP contribution in [0.15, 0.2) is 53.6 Å². The zero-order chi connectivity index (χ0) is 18.9. The van der Waals surface area contributed by atoms with Crippen molar-refractivity contribution in [3.8, 4) is 0 Å². The second kappa shape index (κ2) is 9.51. The molecule has 0 saturated carbocycles. The summed E-state index contributed by atoms with van der Waals surface area (Å²) in [6.45, 7) is 5.93. The monoisotopic (exact) mass is 351 g/mol. The van der Waals surface area contributed by atoms with Gasteiger partial charge in [0.15, 0.2) is 0 Å². The molecule has 5 heteroatoms. The predicted molar refractivity (Wildman–Crippen MR) is 105 cm³/mol. The van der Waals surface area contributed by atoms with Gasteiger partial charge in [0, 0.05) is 18.5 Å². The average Bonchev–Trinajstić information content (AvgIpc) is 2.64. The molecule has 2 aromatic carbocycles. The number of hydrogen-bond donors (Lipinski definition) is 2. The van der Waals surface area contributed by atoms with E-state index in [1.165, 1.54) is 0 Å². The average molecular weight is 351 g/mol. The Hall–Kier alpha value is -2.95. The largest absolute Gasteiger partial charge is 0.326 e. The Kier molecular flexibility index (Phi) is 7.09. The second-order valence-electron chi connectivity index (χ2n) is 6.18. The number of nitrogens with zero attached hydrogens (tertiary/aromatic N) is 1. The molecule has 2 rings (SSSR count). The molecule has 0 aromatic heterocycles. The maximum Gasteiger partial charge on any atom is 0.240 e. The van der Waals surface area contributed by atoms with E-state index in [0.717, 1.165) is 28.1 Å². The highest BCUT2D eigenvalue weighted by Gasteiger charge is 2.09. The lowest BCUT2D eigenvalue weighted by atomic mass is 10.1. The van der Waals surface area contributed by atoms with Gasteiger partial charge in [0.25, 0.3) is 0 Å². The van der Waals surface area contributed by atoms with Crippen LogP contribution in [0.4, 0.5) is 5.69 Å². The van der Waals surface area contributed by atoms with Gasteiger partial charge in [-0.1, -0.05) is 55.0 Å². The van der Waals surface area contributed by atoms with Crippen molar-refractivity contribution in [3.05, 3.63) is 65.2 Å². The molecular formula is C21H25N3O2. The fourth-order valence-electron chi connectivity index (χ4n) is 2.56. The van der Waals surface area contributed by atoms with Gasteiger partial charge in [-0.2, -0.15) is 5.10 Å².